The Hall–Kier alpha value is -4.11. The molecule has 1 saturated heterocycles. The van der Waals surface area contributed by atoms with Crippen molar-refractivity contribution in [2.24, 2.45) is 23.7 Å². The maximum Gasteiger partial charge on any atom is 0.446 e. The molecular weight excluding hydrogens is 875 g/mol. The number of likely N-dealkylation sites (tertiary alicyclic amines) is 1. The Balaban J connectivity index is 1.88. The first-order valence-corrected chi connectivity index (χ1v) is 24.3. The minimum Gasteiger partial charge on any atom is -0.481 e. The van der Waals surface area contributed by atoms with Gasteiger partial charge in [-0.1, -0.05) is 53.5 Å². The number of carbonyl (C=O) groups excluding carboxylic acids is 5. The molecule has 352 valence electrons. The SMILES string of the molecule is CC[C@H](C)[C@H](CC(=O)[C@H]1CCCCN1C)C(=O)N(C)[C@H](C[C@@H](OC(C)=O)c1nc(C(=O)N[C@@H](Cc2ccc(OS(=O)(=O)O)c(NC(=O)CCCS)c2)CC(C)C(=O)O)cs1)C(C)C. The summed E-state index contributed by atoms with van der Waals surface area (Å²) in [7, 11) is -1.30. The van der Waals surface area contributed by atoms with Crippen LogP contribution < -0.4 is 14.8 Å². The van der Waals surface area contributed by atoms with Crippen molar-refractivity contribution >= 4 is 75.5 Å². The predicted molar refractivity (Wildman–Crippen MR) is 242 cm³/mol. The van der Waals surface area contributed by atoms with E-state index in [4.69, 9.17) is 4.74 Å². The molecule has 3 rings (SSSR count). The molecule has 1 unspecified atom stereocenters. The maximum absolute atomic E-state index is 14.3. The number of Topliss-reactive ketones (excluding diaryl/α,β-unsaturated/α-hetero) is 1. The lowest BCUT2D eigenvalue weighted by atomic mass is 9.83. The van der Waals surface area contributed by atoms with E-state index in [1.807, 2.05) is 34.7 Å². The summed E-state index contributed by atoms with van der Waals surface area (Å²) in [6.07, 6.45) is 3.31. The summed E-state index contributed by atoms with van der Waals surface area (Å²) in [6.45, 7) is 11.5. The molecule has 1 aliphatic heterocycles. The summed E-state index contributed by atoms with van der Waals surface area (Å²) < 4.78 is 42.9. The molecular formula is C43H65N5O12S3. The fourth-order valence-electron chi connectivity index (χ4n) is 7.82. The van der Waals surface area contributed by atoms with Crippen molar-refractivity contribution in [2.45, 2.75) is 130 Å². The number of hydrogen-bond acceptors (Lipinski definition) is 14. The highest BCUT2D eigenvalue weighted by atomic mass is 32.3. The van der Waals surface area contributed by atoms with Crippen molar-refractivity contribution in [3.63, 3.8) is 0 Å². The Morgan fingerprint density at radius 2 is 1.79 bits per heavy atom. The smallest absolute Gasteiger partial charge is 0.446 e. The molecule has 0 spiro atoms. The first-order chi connectivity index (χ1) is 29.5. The maximum atomic E-state index is 14.3. The number of ketones is 1. The number of thiazole rings is 1. The summed E-state index contributed by atoms with van der Waals surface area (Å²) in [5, 5.41) is 17.0. The molecule has 0 saturated carbocycles. The van der Waals surface area contributed by atoms with Crippen LogP contribution in [-0.2, 0) is 45.5 Å². The van der Waals surface area contributed by atoms with Crippen molar-refractivity contribution in [3.8, 4) is 5.75 Å². The number of amides is 3. The quantitative estimate of drug-likeness (QED) is 0.0436. The number of carboxylic acids is 1. The fraction of sp³-hybridized carbons (Fsp3) is 0.651. The van der Waals surface area contributed by atoms with Gasteiger partial charge in [0.1, 0.15) is 10.7 Å². The number of aromatic nitrogens is 1. The van der Waals surface area contributed by atoms with Gasteiger partial charge in [0.2, 0.25) is 11.8 Å². The summed E-state index contributed by atoms with van der Waals surface area (Å²) in [5.41, 5.74) is 0.357. The molecule has 4 N–H and O–H groups in total. The van der Waals surface area contributed by atoms with Crippen molar-refractivity contribution in [3.05, 3.63) is 39.8 Å². The zero-order valence-corrected chi connectivity index (χ0v) is 40.0. The van der Waals surface area contributed by atoms with Crippen molar-refractivity contribution in [1.29, 1.82) is 0 Å². The van der Waals surface area contributed by atoms with E-state index in [1.54, 1.807) is 11.9 Å². The standard InChI is InChI=1S/C43H65N5O12S3/c1-9-26(4)31(22-36(50)34-13-10-11-17-47(34)7)42(53)48(8)35(25(2)3)23-38(59-28(6)49)41-46-33(24-62-41)40(52)44-30(19-27(5)43(54)55)20-29-15-16-37(60-63(56,57)58)32(21-29)45-39(51)14-12-18-61/h15-16,21,24-27,30-31,34-35,38,61H,9-14,17-20,22-23H2,1-8H3,(H,44,52)(H,45,51)(H,54,55)(H,56,57,58)/t26-,27?,30+,31-,34+,35+,38+/m0/s1. The molecule has 0 aliphatic carbocycles. The second-order valence-electron chi connectivity index (χ2n) is 16.9. The van der Waals surface area contributed by atoms with Gasteiger partial charge in [0.05, 0.1) is 17.6 Å². The Labute approximate surface area is 380 Å². The number of esters is 1. The average molecular weight is 940 g/mol. The van der Waals surface area contributed by atoms with Gasteiger partial charge in [-0.25, -0.2) is 4.98 Å². The summed E-state index contributed by atoms with van der Waals surface area (Å²) in [4.78, 5) is 87.0. The van der Waals surface area contributed by atoms with Crippen molar-refractivity contribution in [2.75, 3.05) is 31.7 Å². The number of rotatable bonds is 25. The van der Waals surface area contributed by atoms with E-state index < -0.39 is 64.2 Å². The van der Waals surface area contributed by atoms with Crippen molar-refractivity contribution in [1.82, 2.24) is 20.1 Å². The van der Waals surface area contributed by atoms with Gasteiger partial charge >= 0.3 is 22.3 Å². The minimum atomic E-state index is -4.96. The highest BCUT2D eigenvalue weighted by Crippen LogP contribution is 2.33. The molecule has 3 amide bonds. The van der Waals surface area contributed by atoms with Crippen LogP contribution in [0.4, 0.5) is 5.69 Å². The first-order valence-electron chi connectivity index (χ1n) is 21.4. The van der Waals surface area contributed by atoms with Crippen LogP contribution >= 0.6 is 24.0 Å². The molecule has 1 aromatic heterocycles. The van der Waals surface area contributed by atoms with Gasteiger partial charge in [-0.2, -0.15) is 21.0 Å². The normalized spacial score (nSPS) is 17.4. The first kappa shape index (κ1) is 53.2. The lowest BCUT2D eigenvalue weighted by molar-refractivity contribution is -0.149. The largest absolute Gasteiger partial charge is 0.481 e. The third-order valence-corrected chi connectivity index (χ3v) is 13.2. The van der Waals surface area contributed by atoms with Gasteiger partial charge in [0.25, 0.3) is 5.91 Å². The summed E-state index contributed by atoms with van der Waals surface area (Å²) in [6, 6.07) is 2.59. The van der Waals surface area contributed by atoms with Crippen LogP contribution in [0.15, 0.2) is 23.6 Å². The van der Waals surface area contributed by atoms with E-state index in [0.29, 0.717) is 29.2 Å². The Bertz CT molecular complexity index is 2010. The Morgan fingerprint density at radius 3 is 2.38 bits per heavy atom. The van der Waals surface area contributed by atoms with Crippen LogP contribution in [0.3, 0.4) is 0 Å². The van der Waals surface area contributed by atoms with E-state index in [1.165, 1.54) is 37.4 Å². The van der Waals surface area contributed by atoms with Gasteiger partial charge in [-0.05, 0) is 81.0 Å². The number of ether oxygens (including phenoxy) is 1. The predicted octanol–water partition coefficient (Wildman–Crippen LogP) is 6.01. The molecule has 7 atom stereocenters. The average Bonchev–Trinajstić information content (AvgIpc) is 3.71. The number of benzene rings is 1. The van der Waals surface area contributed by atoms with E-state index >= 15 is 0 Å². The number of aliphatic carboxylic acids is 1. The number of hydrogen-bond donors (Lipinski definition) is 5. The van der Waals surface area contributed by atoms with Crippen molar-refractivity contribution < 1.29 is 55.8 Å². The molecule has 20 heteroatoms. The Morgan fingerprint density at radius 1 is 1.10 bits per heavy atom. The van der Waals surface area contributed by atoms with Crippen LogP contribution in [-0.4, -0.2) is 113 Å². The zero-order chi connectivity index (χ0) is 47.2. The number of thiol groups is 1. The van der Waals surface area contributed by atoms with Crippen LogP contribution in [0.25, 0.3) is 0 Å². The van der Waals surface area contributed by atoms with Crippen LogP contribution in [0.1, 0.15) is 126 Å². The van der Waals surface area contributed by atoms with Crippen LogP contribution in [0.2, 0.25) is 0 Å². The number of carboxylic acid groups (broad SMARTS) is 1. The van der Waals surface area contributed by atoms with Gasteiger partial charge in [0, 0.05) is 56.6 Å². The molecule has 17 nitrogen and oxygen atoms in total. The van der Waals surface area contributed by atoms with Gasteiger partial charge in [-0.3, -0.25) is 38.2 Å². The van der Waals surface area contributed by atoms with Gasteiger partial charge in [-0.15, -0.1) is 11.3 Å². The van der Waals surface area contributed by atoms with Gasteiger partial charge < -0.3 is 29.6 Å². The number of nitrogens with zero attached hydrogens (tertiary/aromatic N) is 3. The van der Waals surface area contributed by atoms with E-state index in [9.17, 15) is 46.8 Å². The number of piperidine rings is 1. The zero-order valence-electron chi connectivity index (χ0n) is 37.5. The molecule has 1 aliphatic rings. The number of anilines is 1. The van der Waals surface area contributed by atoms with Crippen LogP contribution in [0.5, 0.6) is 5.75 Å². The Kier molecular flexibility index (Phi) is 21.0. The molecule has 63 heavy (non-hydrogen) atoms. The molecule has 2 heterocycles. The number of likely N-dealkylation sites (N-methyl/N-ethyl adjacent to an activating group) is 1. The van der Waals surface area contributed by atoms with Gasteiger partial charge in [0.15, 0.2) is 17.6 Å². The van der Waals surface area contributed by atoms with E-state index in [-0.39, 0.29) is 78.8 Å². The number of nitrogens with one attached hydrogen (secondary N) is 2. The lowest BCUT2D eigenvalue weighted by Crippen LogP contribution is -2.48. The van der Waals surface area contributed by atoms with Crippen LogP contribution in [0, 0.1) is 23.7 Å². The number of carbonyl (C=O) groups is 6. The minimum absolute atomic E-state index is 0.0253. The molecule has 1 aromatic carbocycles. The molecule has 2 aromatic rings. The topological polar surface area (TPSA) is 239 Å². The monoisotopic (exact) mass is 939 g/mol. The highest BCUT2D eigenvalue weighted by Gasteiger charge is 2.38. The molecule has 0 bridgehead atoms. The van der Waals surface area contributed by atoms with E-state index in [0.717, 1.165) is 37.1 Å². The lowest BCUT2D eigenvalue weighted by Gasteiger charge is -2.37. The fourth-order valence-corrected chi connectivity index (χ4v) is 9.19. The molecule has 1 fully saturated rings. The van der Waals surface area contributed by atoms with E-state index in [2.05, 4.69) is 37.3 Å². The third-order valence-electron chi connectivity index (χ3n) is 11.6. The summed E-state index contributed by atoms with van der Waals surface area (Å²) >= 11 is 5.19. The third kappa shape index (κ3) is 16.8. The second-order valence-corrected chi connectivity index (χ2v) is 19.2. The summed E-state index contributed by atoms with van der Waals surface area (Å²) in [5.74, 6) is -4.47. The second kappa shape index (κ2) is 24.8. The molecule has 0 radical (unpaired) electrons. The highest BCUT2D eigenvalue weighted by molar-refractivity contribution is 7.81.